The summed E-state index contributed by atoms with van der Waals surface area (Å²) in [6.07, 6.45) is 15.0. The van der Waals surface area contributed by atoms with Gasteiger partial charge in [-0.15, -0.1) is 0 Å². The Morgan fingerprint density at radius 3 is 1.82 bits per heavy atom. The third kappa shape index (κ3) is 9.02. The number of aliphatic hydroxyl groups excluding tert-OH is 2. The highest BCUT2D eigenvalue weighted by molar-refractivity contribution is 6.07. The topological polar surface area (TPSA) is 83.6 Å². The highest BCUT2D eigenvalue weighted by atomic mass is 16.5. The van der Waals surface area contributed by atoms with Gasteiger partial charge in [0.2, 0.25) is 5.69 Å². The minimum atomic E-state index is -0.210. The van der Waals surface area contributed by atoms with Crippen molar-refractivity contribution in [3.05, 3.63) is 132 Å². The summed E-state index contributed by atoms with van der Waals surface area (Å²) in [6.45, 7) is 14.4. The molecule has 8 nitrogen and oxygen atoms in total. The first-order valence-electron chi connectivity index (χ1n) is 19.5. The van der Waals surface area contributed by atoms with Gasteiger partial charge in [0.05, 0.1) is 64.9 Å². The number of rotatable bonds is 20. The second kappa shape index (κ2) is 19.0. The number of hydrogen-bond acceptors (Lipinski definition) is 7. The summed E-state index contributed by atoms with van der Waals surface area (Å²) in [5.74, 6) is 0. The maximum absolute atomic E-state index is 8.97. The molecule has 0 bridgehead atoms. The van der Waals surface area contributed by atoms with Crippen LogP contribution < -0.4 is 4.90 Å². The molecule has 0 amide bonds. The number of ether oxygens (including phenoxy) is 4. The van der Waals surface area contributed by atoms with Gasteiger partial charge in [-0.2, -0.15) is 4.58 Å². The van der Waals surface area contributed by atoms with Crippen molar-refractivity contribution in [3.8, 4) is 0 Å². The molecule has 0 fully saturated rings. The van der Waals surface area contributed by atoms with Gasteiger partial charge in [-0.05, 0) is 59.2 Å². The molecule has 6 rings (SSSR count). The molecular weight excluding hydrogens is 689 g/mol. The first-order valence-corrected chi connectivity index (χ1v) is 19.5. The zero-order valence-corrected chi connectivity index (χ0v) is 32.9. The number of anilines is 1. The van der Waals surface area contributed by atoms with E-state index < -0.39 is 0 Å². The van der Waals surface area contributed by atoms with Gasteiger partial charge < -0.3 is 34.1 Å². The molecule has 2 aliphatic rings. The van der Waals surface area contributed by atoms with Crippen LogP contribution in [0.1, 0.15) is 38.8 Å². The van der Waals surface area contributed by atoms with Crippen LogP contribution in [-0.4, -0.2) is 99.7 Å². The van der Waals surface area contributed by atoms with Crippen molar-refractivity contribution in [1.82, 2.24) is 0 Å². The summed E-state index contributed by atoms with van der Waals surface area (Å²) in [5, 5.41) is 23.0. The van der Waals surface area contributed by atoms with Gasteiger partial charge in [0.1, 0.15) is 6.61 Å². The van der Waals surface area contributed by atoms with Crippen molar-refractivity contribution in [3.63, 3.8) is 0 Å². The van der Waals surface area contributed by atoms with Crippen LogP contribution in [0.5, 0.6) is 0 Å². The molecule has 0 radical (unpaired) electrons. The molecule has 0 saturated carbocycles. The van der Waals surface area contributed by atoms with E-state index in [0.717, 1.165) is 13.1 Å². The fraction of sp³-hybridized carbons (Fsp3) is 0.383. The van der Waals surface area contributed by atoms with Gasteiger partial charge in [-0.3, -0.25) is 0 Å². The third-order valence-electron chi connectivity index (χ3n) is 10.6. The maximum atomic E-state index is 8.97. The largest absolute Gasteiger partial charge is 0.394 e. The van der Waals surface area contributed by atoms with E-state index in [1.807, 2.05) is 0 Å². The van der Waals surface area contributed by atoms with E-state index in [9.17, 15) is 0 Å². The van der Waals surface area contributed by atoms with Crippen molar-refractivity contribution in [2.24, 2.45) is 0 Å². The van der Waals surface area contributed by atoms with E-state index in [1.54, 1.807) is 0 Å². The van der Waals surface area contributed by atoms with Crippen LogP contribution in [-0.2, 0) is 29.8 Å². The number of benzene rings is 4. The van der Waals surface area contributed by atoms with Crippen molar-refractivity contribution in [1.29, 1.82) is 0 Å². The molecule has 0 aliphatic carbocycles. The van der Waals surface area contributed by atoms with Crippen molar-refractivity contribution < 1.29 is 33.7 Å². The van der Waals surface area contributed by atoms with Gasteiger partial charge in [-0.25, -0.2) is 0 Å². The zero-order valence-electron chi connectivity index (χ0n) is 32.9. The van der Waals surface area contributed by atoms with E-state index in [4.69, 9.17) is 29.2 Å². The molecule has 4 aromatic rings. The summed E-state index contributed by atoms with van der Waals surface area (Å²) in [4.78, 5) is 2.39. The summed E-state index contributed by atoms with van der Waals surface area (Å²) in [6, 6.07) is 26.2. The molecule has 0 unspecified atom stereocenters. The van der Waals surface area contributed by atoms with E-state index in [0.29, 0.717) is 52.9 Å². The summed E-state index contributed by atoms with van der Waals surface area (Å²) >= 11 is 0. The van der Waals surface area contributed by atoms with Gasteiger partial charge in [-0.1, -0.05) is 98.8 Å². The highest BCUT2D eigenvalue weighted by Gasteiger charge is 2.45. The Hall–Kier alpha value is -4.41. The molecule has 0 spiro atoms. The molecule has 0 atom stereocenters. The molecular formula is C47H57N2O6+. The lowest BCUT2D eigenvalue weighted by Gasteiger charge is -2.27. The highest BCUT2D eigenvalue weighted by Crippen LogP contribution is 2.50. The predicted molar refractivity (Wildman–Crippen MR) is 224 cm³/mol. The Bertz CT molecular complexity index is 2070. The average Bonchev–Trinajstić information content (AvgIpc) is 3.54. The number of aliphatic hydroxyl groups is 2. The SMILES string of the molecule is CC1(C)C(/C=C/C=C/C=C/C=C2/N(CCOCCOCCO)c3ccc4ccccc4c3C2(C)C)=[N+](CCOCCOCCO)c2ccc3ccccc3c21. The van der Waals surface area contributed by atoms with E-state index in [-0.39, 0.29) is 24.0 Å². The fourth-order valence-electron chi connectivity index (χ4n) is 8.12. The molecule has 8 heteroatoms. The van der Waals surface area contributed by atoms with E-state index >= 15 is 0 Å². The Morgan fingerprint density at radius 1 is 0.582 bits per heavy atom. The second-order valence-corrected chi connectivity index (χ2v) is 14.9. The summed E-state index contributed by atoms with van der Waals surface area (Å²) in [7, 11) is 0. The van der Waals surface area contributed by atoms with Crippen LogP contribution in [0.4, 0.5) is 11.4 Å². The molecule has 2 aliphatic heterocycles. The number of allylic oxidation sites excluding steroid dienone is 8. The van der Waals surface area contributed by atoms with Crippen LogP contribution in [0.3, 0.4) is 0 Å². The molecule has 4 aromatic carbocycles. The Morgan fingerprint density at radius 2 is 1.15 bits per heavy atom. The molecule has 0 aromatic heterocycles. The summed E-state index contributed by atoms with van der Waals surface area (Å²) < 4.78 is 25.0. The lowest BCUT2D eigenvalue weighted by Crippen LogP contribution is -2.29. The smallest absolute Gasteiger partial charge is 0.210 e. The molecule has 2 heterocycles. The third-order valence-corrected chi connectivity index (χ3v) is 10.6. The Kier molecular flexibility index (Phi) is 13.9. The van der Waals surface area contributed by atoms with Gasteiger partial charge >= 0.3 is 0 Å². The minimum absolute atomic E-state index is 0.0181. The molecule has 0 saturated heterocycles. The van der Waals surface area contributed by atoms with Crippen molar-refractivity contribution in [2.75, 3.05) is 84.1 Å². The fourth-order valence-corrected chi connectivity index (χ4v) is 8.12. The number of fused-ring (bicyclic) bond motifs is 6. The predicted octanol–water partition coefficient (Wildman–Crippen LogP) is 7.77. The van der Waals surface area contributed by atoms with Crippen LogP contribution >= 0.6 is 0 Å². The zero-order chi connectivity index (χ0) is 38.7. The lowest BCUT2D eigenvalue weighted by molar-refractivity contribution is -0.442. The monoisotopic (exact) mass is 745 g/mol. The normalized spacial score (nSPS) is 17.0. The average molecular weight is 746 g/mol. The van der Waals surface area contributed by atoms with Gasteiger partial charge in [0.25, 0.3) is 0 Å². The first-order chi connectivity index (χ1) is 26.8. The molecule has 290 valence electrons. The van der Waals surface area contributed by atoms with Crippen LogP contribution in [0.25, 0.3) is 21.5 Å². The second-order valence-electron chi connectivity index (χ2n) is 14.9. The quantitative estimate of drug-likeness (QED) is 0.0544. The Labute approximate surface area is 326 Å². The lowest BCUT2D eigenvalue weighted by atomic mass is 9.79. The van der Waals surface area contributed by atoms with Crippen LogP contribution in [0.15, 0.2) is 121 Å². The molecule has 55 heavy (non-hydrogen) atoms. The van der Waals surface area contributed by atoms with Crippen molar-refractivity contribution >= 4 is 38.6 Å². The summed E-state index contributed by atoms with van der Waals surface area (Å²) in [5.41, 5.74) is 7.15. The molecule has 2 N–H and O–H groups in total. The minimum Gasteiger partial charge on any atom is -0.394 e. The maximum Gasteiger partial charge on any atom is 0.210 e. The van der Waals surface area contributed by atoms with Crippen LogP contribution in [0, 0.1) is 0 Å². The van der Waals surface area contributed by atoms with E-state index in [2.05, 4.69) is 152 Å². The first kappa shape index (κ1) is 40.3. The van der Waals surface area contributed by atoms with Gasteiger partial charge in [0, 0.05) is 41.1 Å². The van der Waals surface area contributed by atoms with E-state index in [1.165, 1.54) is 55.5 Å². The number of hydrogen-bond donors (Lipinski definition) is 2. The van der Waals surface area contributed by atoms with Crippen LogP contribution in [0.2, 0.25) is 0 Å². The standard InChI is InChI=1S/C47H57N2O6/c1-46(2)42(48(24-28-52-32-34-54-30-26-50)40-22-20-36-14-10-12-16-38(36)44(40)46)18-8-6-5-7-9-19-43-47(3,4)45-39-17-13-11-15-37(39)21-23-41(45)49(43)25-29-53-33-35-55-31-27-51/h5-23,50-51H,24-35H2,1-4H3/q+1. The Balaban J connectivity index is 1.20. The number of nitrogens with zero attached hydrogens (tertiary/aromatic N) is 2. The van der Waals surface area contributed by atoms with Gasteiger partial charge in [0.15, 0.2) is 12.3 Å². The van der Waals surface area contributed by atoms with Crippen molar-refractivity contribution in [2.45, 2.75) is 38.5 Å².